The summed E-state index contributed by atoms with van der Waals surface area (Å²) in [5, 5.41) is 0. The van der Waals surface area contributed by atoms with Gasteiger partial charge in [0.25, 0.3) is 0 Å². The zero-order valence-electron chi connectivity index (χ0n) is 12.6. The van der Waals surface area contributed by atoms with Crippen LogP contribution in [0.4, 0.5) is 0 Å². The molecule has 0 spiro atoms. The molecule has 0 fully saturated rings. The van der Waals surface area contributed by atoms with Crippen LogP contribution in [0.15, 0.2) is 48.5 Å². The van der Waals surface area contributed by atoms with Gasteiger partial charge in [-0.15, -0.1) is 0 Å². The minimum Gasteiger partial charge on any atom is -0.497 e. The van der Waals surface area contributed by atoms with Crippen LogP contribution in [-0.2, 0) is 6.42 Å². The Morgan fingerprint density at radius 2 is 1.57 bits per heavy atom. The third-order valence-electron chi connectivity index (χ3n) is 3.39. The molecule has 0 N–H and O–H groups in total. The molecule has 0 saturated heterocycles. The molecule has 0 amide bonds. The number of hydrogen-bond acceptors (Lipinski definition) is 3. The Hall–Kier alpha value is -2.29. The first-order valence-corrected chi connectivity index (χ1v) is 7.08. The summed E-state index contributed by atoms with van der Waals surface area (Å²) in [6.07, 6.45) is 0.442. The maximum atomic E-state index is 12.3. The first-order valence-electron chi connectivity index (χ1n) is 7.08. The van der Waals surface area contributed by atoms with Crippen molar-refractivity contribution in [1.29, 1.82) is 0 Å². The first-order chi connectivity index (χ1) is 10.1. The van der Waals surface area contributed by atoms with Gasteiger partial charge in [-0.25, -0.2) is 0 Å². The fraction of sp³-hybridized carbons (Fsp3) is 0.278. The lowest BCUT2D eigenvalue weighted by atomic mass is 10.0. The third kappa shape index (κ3) is 3.85. The minimum atomic E-state index is -0.522. The molecule has 2 rings (SSSR count). The number of methoxy groups -OCH3 is 1. The molecule has 1 atom stereocenters. The van der Waals surface area contributed by atoms with E-state index in [1.807, 2.05) is 36.4 Å². The van der Waals surface area contributed by atoms with Gasteiger partial charge in [-0.1, -0.05) is 31.2 Å². The number of carbonyl (C=O) groups is 1. The van der Waals surface area contributed by atoms with Crippen molar-refractivity contribution in [2.45, 2.75) is 26.4 Å². The van der Waals surface area contributed by atoms with E-state index < -0.39 is 6.10 Å². The molecule has 0 bridgehead atoms. The van der Waals surface area contributed by atoms with Crippen molar-refractivity contribution >= 4 is 5.78 Å². The van der Waals surface area contributed by atoms with E-state index in [2.05, 4.69) is 6.92 Å². The number of carbonyl (C=O) groups excluding carboxylic acids is 1. The fourth-order valence-electron chi connectivity index (χ4n) is 2.05. The van der Waals surface area contributed by atoms with Crippen LogP contribution in [-0.4, -0.2) is 19.0 Å². The molecule has 2 aromatic carbocycles. The van der Waals surface area contributed by atoms with Gasteiger partial charge in [0.1, 0.15) is 11.5 Å². The number of aryl methyl sites for hydroxylation is 1. The van der Waals surface area contributed by atoms with Crippen LogP contribution in [0.5, 0.6) is 11.5 Å². The van der Waals surface area contributed by atoms with E-state index in [-0.39, 0.29) is 5.78 Å². The summed E-state index contributed by atoms with van der Waals surface area (Å²) in [4.78, 5) is 12.3. The summed E-state index contributed by atoms with van der Waals surface area (Å²) < 4.78 is 10.8. The average molecular weight is 284 g/mol. The summed E-state index contributed by atoms with van der Waals surface area (Å²) >= 11 is 0. The topological polar surface area (TPSA) is 35.5 Å². The quantitative estimate of drug-likeness (QED) is 0.754. The van der Waals surface area contributed by atoms with Crippen molar-refractivity contribution in [3.05, 3.63) is 59.7 Å². The SMILES string of the molecule is CCc1ccc(C(=O)C(C)Oc2ccc(OC)cc2)cc1. The van der Waals surface area contributed by atoms with Crippen molar-refractivity contribution in [3.63, 3.8) is 0 Å². The van der Waals surface area contributed by atoms with Gasteiger partial charge < -0.3 is 9.47 Å². The van der Waals surface area contributed by atoms with E-state index in [0.717, 1.165) is 12.2 Å². The molecule has 0 aliphatic carbocycles. The van der Waals surface area contributed by atoms with Gasteiger partial charge in [0, 0.05) is 5.56 Å². The van der Waals surface area contributed by atoms with E-state index in [9.17, 15) is 4.79 Å². The molecule has 21 heavy (non-hydrogen) atoms. The number of benzene rings is 2. The number of ketones is 1. The number of Topliss-reactive ketones (excluding diaryl/α,β-unsaturated/α-hetero) is 1. The normalized spacial score (nSPS) is 11.8. The summed E-state index contributed by atoms with van der Waals surface area (Å²) in [7, 11) is 1.61. The van der Waals surface area contributed by atoms with Gasteiger partial charge in [-0.3, -0.25) is 4.79 Å². The lowest BCUT2D eigenvalue weighted by molar-refractivity contribution is 0.0818. The lowest BCUT2D eigenvalue weighted by Crippen LogP contribution is -2.23. The zero-order valence-corrected chi connectivity index (χ0v) is 12.6. The zero-order chi connectivity index (χ0) is 15.2. The Balaban J connectivity index is 2.03. The Labute approximate surface area is 125 Å². The molecule has 110 valence electrons. The molecule has 0 saturated carbocycles. The summed E-state index contributed by atoms with van der Waals surface area (Å²) in [6.45, 7) is 3.85. The largest absolute Gasteiger partial charge is 0.497 e. The molecule has 0 heterocycles. The predicted octanol–water partition coefficient (Wildman–Crippen LogP) is 3.91. The van der Waals surface area contributed by atoms with Crippen LogP contribution in [0.2, 0.25) is 0 Å². The molecule has 3 heteroatoms. The fourth-order valence-corrected chi connectivity index (χ4v) is 2.05. The maximum Gasteiger partial charge on any atom is 0.202 e. The van der Waals surface area contributed by atoms with Crippen molar-refractivity contribution in [2.75, 3.05) is 7.11 Å². The van der Waals surface area contributed by atoms with Crippen LogP contribution in [0.1, 0.15) is 29.8 Å². The van der Waals surface area contributed by atoms with E-state index >= 15 is 0 Å². The molecule has 2 aromatic rings. The molecule has 1 unspecified atom stereocenters. The Bertz CT molecular complexity index is 585. The Kier molecular flexibility index (Phi) is 4.99. The van der Waals surface area contributed by atoms with Crippen LogP contribution in [0.3, 0.4) is 0 Å². The number of rotatable bonds is 6. The molecular weight excluding hydrogens is 264 g/mol. The second kappa shape index (κ2) is 6.93. The summed E-state index contributed by atoms with van der Waals surface area (Å²) in [6, 6.07) is 14.9. The van der Waals surface area contributed by atoms with Crippen molar-refractivity contribution < 1.29 is 14.3 Å². The molecule has 0 aliphatic heterocycles. The smallest absolute Gasteiger partial charge is 0.202 e. The molecule has 3 nitrogen and oxygen atoms in total. The van der Waals surface area contributed by atoms with Gasteiger partial charge in [0.15, 0.2) is 6.10 Å². The number of hydrogen-bond donors (Lipinski definition) is 0. The standard InChI is InChI=1S/C18H20O3/c1-4-14-5-7-15(8-6-14)18(19)13(2)21-17-11-9-16(20-3)10-12-17/h5-13H,4H2,1-3H3. The van der Waals surface area contributed by atoms with Crippen LogP contribution in [0, 0.1) is 0 Å². The summed E-state index contributed by atoms with van der Waals surface area (Å²) in [5.41, 5.74) is 1.89. The maximum absolute atomic E-state index is 12.3. The second-order valence-electron chi connectivity index (χ2n) is 4.85. The van der Waals surface area contributed by atoms with E-state index in [1.54, 1.807) is 26.2 Å². The molecular formula is C18H20O3. The van der Waals surface area contributed by atoms with Crippen molar-refractivity contribution in [1.82, 2.24) is 0 Å². The van der Waals surface area contributed by atoms with Crippen LogP contribution < -0.4 is 9.47 Å². The Morgan fingerprint density at radius 1 is 1.00 bits per heavy atom. The van der Waals surface area contributed by atoms with Crippen LogP contribution >= 0.6 is 0 Å². The number of ether oxygens (including phenoxy) is 2. The summed E-state index contributed by atoms with van der Waals surface area (Å²) in [5.74, 6) is 1.40. The highest BCUT2D eigenvalue weighted by atomic mass is 16.5. The molecule has 0 aliphatic rings. The van der Waals surface area contributed by atoms with Crippen molar-refractivity contribution in [2.24, 2.45) is 0 Å². The van der Waals surface area contributed by atoms with Gasteiger partial charge in [-0.2, -0.15) is 0 Å². The highest BCUT2D eigenvalue weighted by Crippen LogP contribution is 2.19. The van der Waals surface area contributed by atoms with Gasteiger partial charge in [0.2, 0.25) is 5.78 Å². The van der Waals surface area contributed by atoms with Gasteiger partial charge in [-0.05, 0) is 43.2 Å². The Morgan fingerprint density at radius 3 is 2.10 bits per heavy atom. The molecule has 0 aromatic heterocycles. The van der Waals surface area contributed by atoms with Crippen molar-refractivity contribution in [3.8, 4) is 11.5 Å². The van der Waals surface area contributed by atoms with E-state index in [0.29, 0.717) is 11.3 Å². The van der Waals surface area contributed by atoms with E-state index in [4.69, 9.17) is 9.47 Å². The highest BCUT2D eigenvalue weighted by molar-refractivity contribution is 5.99. The highest BCUT2D eigenvalue weighted by Gasteiger charge is 2.16. The second-order valence-corrected chi connectivity index (χ2v) is 4.85. The lowest BCUT2D eigenvalue weighted by Gasteiger charge is -2.14. The van der Waals surface area contributed by atoms with E-state index in [1.165, 1.54) is 5.56 Å². The predicted molar refractivity (Wildman–Crippen MR) is 83.2 cm³/mol. The average Bonchev–Trinajstić information content (AvgIpc) is 2.55. The van der Waals surface area contributed by atoms with Crippen LogP contribution in [0.25, 0.3) is 0 Å². The molecule has 0 radical (unpaired) electrons. The first kappa shape index (κ1) is 15.1. The van der Waals surface area contributed by atoms with Gasteiger partial charge in [0.05, 0.1) is 7.11 Å². The minimum absolute atomic E-state index is 0.0199. The third-order valence-corrected chi connectivity index (χ3v) is 3.39. The van der Waals surface area contributed by atoms with Gasteiger partial charge >= 0.3 is 0 Å². The monoisotopic (exact) mass is 284 g/mol.